The van der Waals surface area contributed by atoms with Gasteiger partial charge >= 0.3 is 13.5 Å². The first kappa shape index (κ1) is 29.9. The smallest absolute Gasteiger partial charge is 0.394 e. The van der Waals surface area contributed by atoms with Gasteiger partial charge in [0.15, 0.2) is 0 Å². The summed E-state index contributed by atoms with van der Waals surface area (Å²) in [6.45, 7) is 4.10. The van der Waals surface area contributed by atoms with E-state index in [1.54, 1.807) is 0 Å². The zero-order chi connectivity index (χ0) is 28.2. The minimum Gasteiger partial charge on any atom is -0.394 e. The van der Waals surface area contributed by atoms with Crippen LogP contribution in [0.3, 0.4) is 0 Å². The van der Waals surface area contributed by atoms with Crippen LogP contribution >= 0.6 is 7.82 Å². The first-order valence-electron chi connectivity index (χ1n) is 12.2. The number of carbonyl (C=O) groups is 1. The molecular weight excluding hydrogens is 521 g/mol. The number of aliphatic hydroxyl groups excluding tert-OH is 1. The lowest BCUT2D eigenvalue weighted by Gasteiger charge is -2.27. The molecule has 1 amide bonds. The Morgan fingerprint density at radius 2 is 1.84 bits per heavy atom. The Morgan fingerprint density at radius 1 is 1.21 bits per heavy atom. The molecule has 0 spiro atoms. The van der Waals surface area contributed by atoms with Gasteiger partial charge in [0.25, 0.3) is 5.56 Å². The predicted molar refractivity (Wildman–Crippen MR) is 137 cm³/mol. The first-order chi connectivity index (χ1) is 17.9. The van der Waals surface area contributed by atoms with Gasteiger partial charge in [-0.15, -0.1) is 0 Å². The topological polar surface area (TPSA) is 170 Å². The summed E-state index contributed by atoms with van der Waals surface area (Å²) in [5.74, 6) is -0.540. The molecule has 1 saturated heterocycles. The zero-order valence-corrected chi connectivity index (χ0v) is 22.7. The summed E-state index contributed by atoms with van der Waals surface area (Å²) in [5.41, 5.74) is 1.11. The van der Waals surface area contributed by atoms with Crippen LogP contribution < -0.4 is 16.1 Å². The van der Waals surface area contributed by atoms with E-state index in [9.17, 15) is 33.8 Å². The van der Waals surface area contributed by atoms with Crippen molar-refractivity contribution in [2.45, 2.75) is 65.0 Å². The number of methoxy groups -OCH3 is 1. The molecule has 2 heterocycles. The Morgan fingerprint density at radius 3 is 2.37 bits per heavy atom. The molecule has 1 aromatic heterocycles. The maximum absolute atomic E-state index is 13.6. The molecule has 0 unspecified atom stereocenters. The van der Waals surface area contributed by atoms with E-state index in [4.69, 9.17) is 14.0 Å². The highest BCUT2D eigenvalue weighted by molar-refractivity contribution is 7.46. The molecule has 0 bridgehead atoms. The van der Waals surface area contributed by atoms with Crippen molar-refractivity contribution in [2.75, 3.05) is 25.3 Å². The summed E-state index contributed by atoms with van der Waals surface area (Å²) in [7, 11) is -3.46. The molecular formula is C24H34N3O10P. The van der Waals surface area contributed by atoms with E-state index < -0.39 is 56.6 Å². The van der Waals surface area contributed by atoms with Crippen LogP contribution in [-0.4, -0.2) is 62.6 Å². The molecule has 0 aliphatic carbocycles. The van der Waals surface area contributed by atoms with E-state index in [1.807, 2.05) is 32.0 Å². The van der Waals surface area contributed by atoms with Crippen LogP contribution in [-0.2, 0) is 42.7 Å². The van der Waals surface area contributed by atoms with Crippen molar-refractivity contribution in [1.29, 1.82) is 0 Å². The summed E-state index contributed by atoms with van der Waals surface area (Å²) >= 11 is 0. The number of amides is 1. The Hall–Kier alpha value is -2.64. The number of aliphatic hydroxyl groups is 1. The van der Waals surface area contributed by atoms with E-state index >= 15 is 0 Å². The van der Waals surface area contributed by atoms with Gasteiger partial charge < -0.3 is 24.4 Å². The van der Waals surface area contributed by atoms with Crippen molar-refractivity contribution >= 4 is 19.4 Å². The second kappa shape index (κ2) is 12.5. The van der Waals surface area contributed by atoms with Crippen molar-refractivity contribution in [3.8, 4) is 0 Å². The van der Waals surface area contributed by atoms with Gasteiger partial charge in [0.05, 0.1) is 12.3 Å². The molecule has 2 aromatic rings. The van der Waals surface area contributed by atoms with Crippen LogP contribution in [0.25, 0.3) is 0 Å². The van der Waals surface area contributed by atoms with Gasteiger partial charge in [0.1, 0.15) is 31.7 Å². The number of aromatic nitrogens is 2. The van der Waals surface area contributed by atoms with Gasteiger partial charge in [-0.2, -0.15) is 0 Å². The van der Waals surface area contributed by atoms with Gasteiger partial charge in [-0.05, 0) is 30.9 Å². The molecule has 1 aromatic carbocycles. The van der Waals surface area contributed by atoms with Gasteiger partial charge in [0.2, 0.25) is 5.91 Å². The predicted octanol–water partition coefficient (Wildman–Crippen LogP) is 0.838. The first-order valence-corrected chi connectivity index (χ1v) is 13.7. The summed E-state index contributed by atoms with van der Waals surface area (Å²) < 4.78 is 28.8. The molecule has 1 fully saturated rings. The van der Waals surface area contributed by atoms with Gasteiger partial charge in [-0.3, -0.25) is 28.1 Å². The van der Waals surface area contributed by atoms with Gasteiger partial charge in [0, 0.05) is 25.3 Å². The number of carbonyl (C=O) groups excluding carboxylic acids is 1. The average molecular weight is 556 g/mol. The number of aryl methyl sites for hydroxylation is 3. The molecule has 0 saturated carbocycles. The Labute approximate surface area is 219 Å². The standard InChI is InChI=1S/C24H34N3O10P/c1-5-16-8-7-9-17(6-2)22(16)27(14-35-4)20(29)12-26-23(30)15(3)11-25(24(26)31)21-10-18(19(13-28)36-21)37-38(32,33)34/h7-9,11,18-19,21,28H,5-6,10,12-14H2,1-4H3,(H2,32,33,34)/t18-,19+,21+/m0/s1. The molecule has 1 aliphatic heterocycles. The third-order valence-electron chi connectivity index (χ3n) is 6.40. The van der Waals surface area contributed by atoms with E-state index in [0.29, 0.717) is 18.5 Å². The van der Waals surface area contributed by atoms with Crippen LogP contribution in [0.5, 0.6) is 0 Å². The normalized spacial score (nSPS) is 19.6. The molecule has 14 heteroatoms. The summed E-state index contributed by atoms with van der Waals surface area (Å²) in [4.78, 5) is 59.7. The fraction of sp³-hybridized carbons (Fsp3) is 0.542. The second-order valence-corrected chi connectivity index (χ2v) is 10.1. The SMILES string of the molecule is CCc1cccc(CC)c1N(COC)C(=O)Cn1c(=O)c(C)cn([C@H]2C[C@H](OP(=O)(O)O)[C@@H](CO)O2)c1=O. The van der Waals surface area contributed by atoms with Crippen LogP contribution in [0.1, 0.15) is 43.2 Å². The van der Waals surface area contributed by atoms with Crippen LogP contribution in [0.4, 0.5) is 5.69 Å². The summed E-state index contributed by atoms with van der Waals surface area (Å²) in [6.07, 6.45) is -1.04. The number of ether oxygens (including phenoxy) is 2. The third-order valence-corrected chi connectivity index (χ3v) is 6.94. The number of benzene rings is 1. The van der Waals surface area contributed by atoms with E-state index in [0.717, 1.165) is 20.3 Å². The summed E-state index contributed by atoms with van der Waals surface area (Å²) in [5, 5.41) is 9.58. The molecule has 3 rings (SSSR count). The highest BCUT2D eigenvalue weighted by atomic mass is 31.2. The highest BCUT2D eigenvalue weighted by Gasteiger charge is 2.41. The largest absolute Gasteiger partial charge is 0.469 e. The maximum Gasteiger partial charge on any atom is 0.469 e. The van der Waals surface area contributed by atoms with Gasteiger partial charge in [-0.25, -0.2) is 9.36 Å². The molecule has 3 N–H and O–H groups in total. The van der Waals surface area contributed by atoms with E-state index in [2.05, 4.69) is 0 Å². The minimum atomic E-state index is -4.90. The molecule has 210 valence electrons. The van der Waals surface area contributed by atoms with Crippen molar-refractivity contribution < 1.29 is 38.3 Å². The van der Waals surface area contributed by atoms with Crippen LogP contribution in [0, 0.1) is 6.92 Å². The monoisotopic (exact) mass is 555 g/mol. The minimum absolute atomic E-state index is 0.0943. The number of rotatable bonds is 11. The molecule has 3 atom stereocenters. The van der Waals surface area contributed by atoms with Crippen molar-refractivity contribution in [2.24, 2.45) is 0 Å². The highest BCUT2D eigenvalue weighted by Crippen LogP contribution is 2.43. The Bertz CT molecular complexity index is 1300. The number of anilines is 1. The third kappa shape index (κ3) is 6.49. The fourth-order valence-electron chi connectivity index (χ4n) is 4.60. The fourth-order valence-corrected chi connectivity index (χ4v) is 5.17. The summed E-state index contributed by atoms with van der Waals surface area (Å²) in [6, 6.07) is 5.72. The molecule has 13 nitrogen and oxygen atoms in total. The van der Waals surface area contributed by atoms with Crippen LogP contribution in [0.2, 0.25) is 0 Å². The van der Waals surface area contributed by atoms with E-state index in [-0.39, 0.29) is 18.7 Å². The van der Waals surface area contributed by atoms with Crippen molar-refractivity contribution in [3.05, 3.63) is 61.9 Å². The lowest BCUT2D eigenvalue weighted by atomic mass is 10.0. The zero-order valence-electron chi connectivity index (χ0n) is 21.8. The molecule has 0 radical (unpaired) electrons. The second-order valence-electron chi connectivity index (χ2n) is 8.95. The van der Waals surface area contributed by atoms with Crippen molar-refractivity contribution in [1.82, 2.24) is 9.13 Å². The Kier molecular flexibility index (Phi) is 9.82. The maximum atomic E-state index is 13.6. The number of phosphoric ester groups is 1. The average Bonchev–Trinajstić information content (AvgIpc) is 3.27. The van der Waals surface area contributed by atoms with Crippen LogP contribution in [0.15, 0.2) is 34.0 Å². The van der Waals surface area contributed by atoms with Gasteiger partial charge in [-0.1, -0.05) is 32.0 Å². The van der Waals surface area contributed by atoms with Crippen molar-refractivity contribution in [3.63, 3.8) is 0 Å². The number of para-hydroxylation sites is 1. The lowest BCUT2D eigenvalue weighted by Crippen LogP contribution is -2.47. The number of hydrogen-bond donors (Lipinski definition) is 3. The van der Waals surface area contributed by atoms with E-state index in [1.165, 1.54) is 25.1 Å². The Balaban J connectivity index is 2.00. The number of nitrogens with zero attached hydrogens (tertiary/aromatic N) is 3. The molecule has 1 aliphatic rings. The molecule has 38 heavy (non-hydrogen) atoms. The lowest BCUT2D eigenvalue weighted by molar-refractivity contribution is -0.120. The quantitative estimate of drug-likeness (QED) is 0.267. The number of phosphoric acid groups is 1. The number of hydrogen-bond acceptors (Lipinski definition) is 8.